The number of pyridine rings is 1. The molecule has 0 saturated carbocycles. The number of hydrogen-bond acceptors (Lipinski definition) is 4. The topological polar surface area (TPSA) is 71.1 Å². The van der Waals surface area contributed by atoms with E-state index in [0.717, 1.165) is 0 Å². The van der Waals surface area contributed by atoms with Gasteiger partial charge in [0.2, 0.25) is 5.91 Å². The molecule has 5 nitrogen and oxygen atoms in total. The molecular formula is C12H14FN3O2. The summed E-state index contributed by atoms with van der Waals surface area (Å²) >= 11 is 0. The number of alkyl halides is 1. The number of halogens is 1. The van der Waals surface area contributed by atoms with Crippen molar-refractivity contribution in [2.24, 2.45) is 0 Å². The second-order valence-electron chi connectivity index (χ2n) is 4.25. The lowest BCUT2D eigenvalue weighted by molar-refractivity contribution is -0.117. The molecule has 0 bridgehead atoms. The Bertz CT molecular complexity index is 478. The molecule has 0 aromatic carbocycles. The van der Waals surface area contributed by atoms with Crippen molar-refractivity contribution in [2.75, 3.05) is 11.9 Å². The zero-order valence-electron chi connectivity index (χ0n) is 9.94. The van der Waals surface area contributed by atoms with E-state index in [1.807, 2.05) is 0 Å². The molecule has 18 heavy (non-hydrogen) atoms. The fourth-order valence-corrected chi connectivity index (χ4v) is 1.81. The highest BCUT2D eigenvalue weighted by atomic mass is 19.1. The number of aromatic nitrogens is 1. The van der Waals surface area contributed by atoms with Gasteiger partial charge in [0.05, 0.1) is 6.04 Å². The highest BCUT2D eigenvalue weighted by Crippen LogP contribution is 2.12. The zero-order valence-corrected chi connectivity index (χ0v) is 9.94. The van der Waals surface area contributed by atoms with Gasteiger partial charge in [-0.2, -0.15) is 0 Å². The number of nitrogens with zero attached hydrogens (tertiary/aromatic N) is 1. The van der Waals surface area contributed by atoms with Crippen LogP contribution in [0.15, 0.2) is 18.2 Å². The Labute approximate surface area is 104 Å². The predicted octanol–water partition coefficient (Wildman–Crippen LogP) is 0.923. The van der Waals surface area contributed by atoms with Crippen molar-refractivity contribution in [3.8, 4) is 0 Å². The van der Waals surface area contributed by atoms with Crippen LogP contribution in [0.2, 0.25) is 0 Å². The lowest BCUT2D eigenvalue weighted by Crippen LogP contribution is -2.35. The van der Waals surface area contributed by atoms with Gasteiger partial charge in [-0.1, -0.05) is 6.07 Å². The fraction of sp³-hybridized carbons (Fsp3) is 0.417. The van der Waals surface area contributed by atoms with Crippen LogP contribution in [0.5, 0.6) is 0 Å². The van der Waals surface area contributed by atoms with Gasteiger partial charge in [-0.05, 0) is 12.1 Å². The number of carbonyl (C=O) groups excluding carboxylic acids is 2. The van der Waals surface area contributed by atoms with E-state index < -0.39 is 12.2 Å². The molecule has 1 aromatic heterocycles. The summed E-state index contributed by atoms with van der Waals surface area (Å²) in [5.74, 6) is -0.200. The molecule has 1 saturated heterocycles. The molecule has 1 fully saturated rings. The summed E-state index contributed by atoms with van der Waals surface area (Å²) in [5, 5.41) is 5.35. The third-order valence-corrected chi connectivity index (χ3v) is 2.75. The van der Waals surface area contributed by atoms with E-state index in [4.69, 9.17) is 0 Å². The van der Waals surface area contributed by atoms with Gasteiger partial charge in [-0.15, -0.1) is 0 Å². The molecule has 1 aliphatic rings. The summed E-state index contributed by atoms with van der Waals surface area (Å²) < 4.78 is 12.9. The van der Waals surface area contributed by atoms with Crippen LogP contribution in [0.3, 0.4) is 0 Å². The second-order valence-corrected chi connectivity index (χ2v) is 4.25. The molecule has 1 amide bonds. The number of carbonyl (C=O) groups is 2. The van der Waals surface area contributed by atoms with Gasteiger partial charge in [-0.3, -0.25) is 9.59 Å². The van der Waals surface area contributed by atoms with Crippen molar-refractivity contribution in [1.29, 1.82) is 0 Å². The number of anilines is 1. The molecule has 0 spiro atoms. The molecule has 96 valence electrons. The van der Waals surface area contributed by atoms with Crippen LogP contribution in [0, 0.1) is 0 Å². The van der Waals surface area contributed by atoms with Crippen molar-refractivity contribution >= 4 is 17.5 Å². The maximum Gasteiger partial charge on any atom is 0.242 e. The van der Waals surface area contributed by atoms with Gasteiger partial charge >= 0.3 is 0 Å². The Morgan fingerprint density at radius 3 is 2.89 bits per heavy atom. The van der Waals surface area contributed by atoms with Crippen molar-refractivity contribution in [1.82, 2.24) is 10.3 Å². The average Bonchev–Trinajstić information content (AvgIpc) is 2.76. The Kier molecular flexibility index (Phi) is 3.66. The maximum atomic E-state index is 12.9. The van der Waals surface area contributed by atoms with Crippen molar-refractivity contribution in [3.63, 3.8) is 0 Å². The van der Waals surface area contributed by atoms with E-state index >= 15 is 0 Å². The molecule has 2 heterocycles. The fourth-order valence-electron chi connectivity index (χ4n) is 1.81. The molecule has 0 aliphatic carbocycles. The Balaban J connectivity index is 2.03. The summed E-state index contributed by atoms with van der Waals surface area (Å²) in [6, 6.07) is 4.26. The standard InChI is InChI=1S/C12H14FN3O2/c1-7(17)9-3-2-4-11(15-9)16-12(18)10-5-8(13)6-14-10/h2-4,8,10,14H,5-6H2,1H3,(H,15,16,18)/t8-,10+/m1/s1. The molecule has 1 aliphatic heterocycles. The smallest absolute Gasteiger partial charge is 0.242 e. The Hall–Kier alpha value is -1.82. The van der Waals surface area contributed by atoms with E-state index in [0.29, 0.717) is 5.82 Å². The van der Waals surface area contributed by atoms with E-state index in [2.05, 4.69) is 15.6 Å². The summed E-state index contributed by atoms with van der Waals surface area (Å²) in [6.07, 6.45) is -0.824. The van der Waals surface area contributed by atoms with Crippen LogP contribution in [0.25, 0.3) is 0 Å². The number of Topliss-reactive ketones (excluding diaryl/α,β-unsaturated/α-hetero) is 1. The average molecular weight is 251 g/mol. The quantitative estimate of drug-likeness (QED) is 0.784. The molecule has 2 N–H and O–H groups in total. The number of nitrogens with one attached hydrogen (secondary N) is 2. The number of hydrogen-bond donors (Lipinski definition) is 2. The van der Waals surface area contributed by atoms with Gasteiger partial charge < -0.3 is 10.6 Å². The lowest BCUT2D eigenvalue weighted by Gasteiger charge is -2.10. The van der Waals surface area contributed by atoms with Gasteiger partial charge in [0.1, 0.15) is 17.7 Å². The molecule has 0 radical (unpaired) electrons. The van der Waals surface area contributed by atoms with Crippen LogP contribution in [0.1, 0.15) is 23.8 Å². The molecular weight excluding hydrogens is 237 g/mol. The molecule has 6 heteroatoms. The monoisotopic (exact) mass is 251 g/mol. The lowest BCUT2D eigenvalue weighted by atomic mass is 10.2. The van der Waals surface area contributed by atoms with Crippen LogP contribution in [0.4, 0.5) is 10.2 Å². The Morgan fingerprint density at radius 2 is 2.28 bits per heavy atom. The molecule has 2 atom stereocenters. The first-order chi connectivity index (χ1) is 8.56. The van der Waals surface area contributed by atoms with Crippen LogP contribution < -0.4 is 10.6 Å². The first kappa shape index (κ1) is 12.6. The van der Waals surface area contributed by atoms with Gasteiger partial charge in [-0.25, -0.2) is 9.37 Å². The zero-order chi connectivity index (χ0) is 13.1. The summed E-state index contributed by atoms with van der Waals surface area (Å²) in [5.41, 5.74) is 0.288. The van der Waals surface area contributed by atoms with Crippen LogP contribution in [-0.4, -0.2) is 35.4 Å². The number of amides is 1. The molecule has 1 aromatic rings. The SMILES string of the molecule is CC(=O)c1cccc(NC(=O)[C@@H]2C[C@@H](F)CN2)n1. The van der Waals surface area contributed by atoms with Gasteiger partial charge in [0.25, 0.3) is 0 Å². The van der Waals surface area contributed by atoms with E-state index in [9.17, 15) is 14.0 Å². The minimum atomic E-state index is -0.989. The third-order valence-electron chi connectivity index (χ3n) is 2.75. The normalized spacial score (nSPS) is 22.8. The predicted molar refractivity (Wildman–Crippen MR) is 64.2 cm³/mol. The van der Waals surface area contributed by atoms with Crippen molar-refractivity contribution < 1.29 is 14.0 Å². The Morgan fingerprint density at radius 1 is 1.50 bits per heavy atom. The number of ketones is 1. The van der Waals surface area contributed by atoms with Crippen LogP contribution >= 0.6 is 0 Å². The first-order valence-electron chi connectivity index (χ1n) is 5.72. The first-order valence-corrected chi connectivity index (χ1v) is 5.72. The largest absolute Gasteiger partial charge is 0.309 e. The minimum Gasteiger partial charge on any atom is -0.309 e. The number of rotatable bonds is 3. The molecule has 0 unspecified atom stereocenters. The van der Waals surface area contributed by atoms with E-state index in [1.54, 1.807) is 18.2 Å². The van der Waals surface area contributed by atoms with E-state index in [-0.39, 0.29) is 30.3 Å². The third kappa shape index (κ3) is 2.89. The highest BCUT2D eigenvalue weighted by Gasteiger charge is 2.29. The second kappa shape index (κ2) is 5.22. The summed E-state index contributed by atoms with van der Waals surface area (Å²) in [4.78, 5) is 26.9. The van der Waals surface area contributed by atoms with Gasteiger partial charge in [0.15, 0.2) is 5.78 Å². The summed E-state index contributed by atoms with van der Waals surface area (Å²) in [7, 11) is 0. The maximum absolute atomic E-state index is 12.9. The van der Waals surface area contributed by atoms with Crippen molar-refractivity contribution in [3.05, 3.63) is 23.9 Å². The van der Waals surface area contributed by atoms with Crippen molar-refractivity contribution in [2.45, 2.75) is 25.6 Å². The van der Waals surface area contributed by atoms with Gasteiger partial charge in [0, 0.05) is 19.9 Å². The van der Waals surface area contributed by atoms with E-state index in [1.165, 1.54) is 6.92 Å². The minimum absolute atomic E-state index is 0.165. The highest BCUT2D eigenvalue weighted by molar-refractivity contribution is 5.96. The van der Waals surface area contributed by atoms with Crippen LogP contribution in [-0.2, 0) is 4.79 Å². The molecule has 2 rings (SSSR count). The summed E-state index contributed by atoms with van der Waals surface area (Å²) in [6.45, 7) is 1.60.